The van der Waals surface area contributed by atoms with Crippen molar-refractivity contribution < 1.29 is 21.9 Å². The molecule has 0 aromatic carbocycles. The van der Waals surface area contributed by atoms with Crippen molar-refractivity contribution in [3.63, 3.8) is 0 Å². The molecule has 6 nitrogen and oxygen atoms in total. The molecule has 2 amide bonds. The highest BCUT2D eigenvalue weighted by molar-refractivity contribution is 8.76. The van der Waals surface area contributed by atoms with Crippen molar-refractivity contribution >= 4 is 33.4 Å². The fourth-order valence-electron chi connectivity index (χ4n) is 1.50. The van der Waals surface area contributed by atoms with Crippen molar-refractivity contribution in [2.75, 3.05) is 32.2 Å². The van der Waals surface area contributed by atoms with E-state index in [4.69, 9.17) is 9.47 Å². The Hall–Kier alpha value is -0.880. The highest BCUT2D eigenvalue weighted by atomic mass is 33.1. The minimum absolute atomic E-state index is 0. The molecule has 0 saturated heterocycles. The van der Waals surface area contributed by atoms with Gasteiger partial charge in [-0.25, -0.2) is 0 Å². The maximum absolute atomic E-state index is 11.6. The number of carbonyl (C=O) groups is 2. The Labute approximate surface area is 168 Å². The number of hydrogen-bond acceptors (Lipinski definition) is 6. The molecule has 0 saturated carbocycles. The normalized spacial score (nSPS) is 11.8. The Morgan fingerprint density at radius 1 is 1.12 bits per heavy atom. The molecular weight excluding hydrogens is 372 g/mol. The summed E-state index contributed by atoms with van der Waals surface area (Å²) in [6.07, 6.45) is 0.491. The third-order valence-corrected chi connectivity index (χ3v) is 5.46. The number of rotatable bonds is 13. The molecule has 0 aliphatic rings. The number of nitrogens with one attached hydrogen (secondary N) is 2. The summed E-state index contributed by atoms with van der Waals surface area (Å²) in [6.45, 7) is 11.1. The van der Waals surface area contributed by atoms with Crippen LogP contribution in [0, 0.1) is 23.7 Å². The van der Waals surface area contributed by atoms with E-state index in [2.05, 4.69) is 36.3 Å². The summed E-state index contributed by atoms with van der Waals surface area (Å²) < 4.78 is 11.1. The Balaban J connectivity index is -0.00000312. The van der Waals surface area contributed by atoms with Crippen LogP contribution in [0.25, 0.3) is 0 Å². The summed E-state index contributed by atoms with van der Waals surface area (Å²) in [4.78, 5) is 22.7. The van der Waals surface area contributed by atoms with Gasteiger partial charge in [-0.15, -0.1) is 0 Å². The van der Waals surface area contributed by atoms with Gasteiger partial charge in [0, 0.05) is 15.2 Å². The van der Waals surface area contributed by atoms with E-state index in [0.717, 1.165) is 0 Å². The van der Waals surface area contributed by atoms with E-state index >= 15 is 0 Å². The number of hydrogen-bond donors (Lipinski definition) is 2. The second-order valence-electron chi connectivity index (χ2n) is 6.10. The third-order valence-electron chi connectivity index (χ3n) is 2.86. The van der Waals surface area contributed by atoms with Gasteiger partial charge in [-0.2, -0.15) is 0 Å². The average Bonchev–Trinajstić information content (AvgIpc) is 2.59. The standard InChI is InChI=1S/C18H32N2O4S2.2H2/c1-6-16(21)20-13-25-26-18(15(4)5)24-11-10-23-12-17(22)19-9-7-8-14(2)3;;/h14-15,18H,6,9-13H2,1-5H3,(H,19,22)(H,20,21);2*1H. The Morgan fingerprint density at radius 2 is 1.85 bits per heavy atom. The number of amides is 2. The molecule has 0 heterocycles. The molecule has 0 radical (unpaired) electrons. The molecule has 26 heavy (non-hydrogen) atoms. The summed E-state index contributed by atoms with van der Waals surface area (Å²) in [5, 5.41) is 5.50. The van der Waals surface area contributed by atoms with Gasteiger partial charge in [-0.3, -0.25) is 9.59 Å². The highest BCUT2D eigenvalue weighted by Crippen LogP contribution is 2.31. The van der Waals surface area contributed by atoms with Gasteiger partial charge < -0.3 is 20.1 Å². The molecule has 1 atom stereocenters. The van der Waals surface area contributed by atoms with Crippen LogP contribution < -0.4 is 10.6 Å². The van der Waals surface area contributed by atoms with E-state index < -0.39 is 0 Å². The zero-order valence-corrected chi connectivity index (χ0v) is 18.1. The van der Waals surface area contributed by atoms with Crippen molar-refractivity contribution in [2.24, 2.45) is 11.8 Å². The Kier molecular flexibility index (Phi) is 15.8. The lowest BCUT2D eigenvalue weighted by molar-refractivity contribution is -0.126. The molecule has 1 unspecified atom stereocenters. The smallest absolute Gasteiger partial charge is 0.246 e. The first-order valence-electron chi connectivity index (χ1n) is 8.86. The van der Waals surface area contributed by atoms with E-state index in [1.807, 2.05) is 20.8 Å². The van der Waals surface area contributed by atoms with Gasteiger partial charge in [0.15, 0.2) is 0 Å². The van der Waals surface area contributed by atoms with Crippen molar-refractivity contribution in [1.82, 2.24) is 10.6 Å². The maximum atomic E-state index is 11.6. The van der Waals surface area contributed by atoms with E-state index in [0.29, 0.717) is 43.9 Å². The zero-order chi connectivity index (χ0) is 19.8. The summed E-state index contributed by atoms with van der Waals surface area (Å²) in [5.74, 6) is 6.91. The van der Waals surface area contributed by atoms with Gasteiger partial charge in [0.2, 0.25) is 11.8 Å². The van der Waals surface area contributed by atoms with Gasteiger partial charge in [0.1, 0.15) is 12.0 Å². The molecule has 8 heteroatoms. The van der Waals surface area contributed by atoms with Crippen LogP contribution in [-0.2, 0) is 19.1 Å². The average molecular weight is 409 g/mol. The third kappa shape index (κ3) is 15.4. The lowest BCUT2D eigenvalue weighted by atomic mass is 10.2. The van der Waals surface area contributed by atoms with Crippen LogP contribution in [0.3, 0.4) is 0 Å². The zero-order valence-electron chi connectivity index (χ0n) is 16.4. The first-order chi connectivity index (χ1) is 12.4. The molecule has 0 aliphatic heterocycles. The number of carbonyl (C=O) groups excluding carboxylic acids is 2. The fourth-order valence-corrected chi connectivity index (χ4v) is 3.92. The topological polar surface area (TPSA) is 76.7 Å². The SMILES string of the molecule is CCC(=O)NCSSC(OCCOCC(=O)NCC#CC(C)C)C(C)C.[HH].[HH]. The molecule has 0 aromatic rings. The predicted molar refractivity (Wildman–Crippen MR) is 114 cm³/mol. The van der Waals surface area contributed by atoms with Crippen LogP contribution in [0.15, 0.2) is 0 Å². The fraction of sp³-hybridized carbons (Fsp3) is 0.778. The lowest BCUT2D eigenvalue weighted by Crippen LogP contribution is -2.28. The van der Waals surface area contributed by atoms with Gasteiger partial charge >= 0.3 is 0 Å². The van der Waals surface area contributed by atoms with Crippen molar-refractivity contribution in [2.45, 2.75) is 46.5 Å². The molecule has 2 N–H and O–H groups in total. The lowest BCUT2D eigenvalue weighted by Gasteiger charge is -2.20. The molecular formula is C18H36N2O4S2. The maximum Gasteiger partial charge on any atom is 0.246 e. The molecule has 0 aromatic heterocycles. The van der Waals surface area contributed by atoms with Gasteiger partial charge in [-0.1, -0.05) is 68.0 Å². The van der Waals surface area contributed by atoms with E-state index in [1.54, 1.807) is 21.6 Å². The molecule has 0 fully saturated rings. The minimum Gasteiger partial charge on any atom is -0.369 e. The van der Waals surface area contributed by atoms with Crippen molar-refractivity contribution in [1.29, 1.82) is 0 Å². The summed E-state index contributed by atoms with van der Waals surface area (Å²) in [7, 11) is 3.15. The van der Waals surface area contributed by atoms with Crippen LogP contribution >= 0.6 is 21.6 Å². The van der Waals surface area contributed by atoms with Crippen LogP contribution in [0.2, 0.25) is 0 Å². The van der Waals surface area contributed by atoms with E-state index in [9.17, 15) is 9.59 Å². The summed E-state index contributed by atoms with van der Waals surface area (Å²) in [6, 6.07) is 0. The van der Waals surface area contributed by atoms with Crippen LogP contribution in [0.4, 0.5) is 0 Å². The van der Waals surface area contributed by atoms with E-state index in [-0.39, 0.29) is 26.7 Å². The largest absolute Gasteiger partial charge is 0.369 e. The van der Waals surface area contributed by atoms with Crippen LogP contribution in [0.1, 0.15) is 43.9 Å². The van der Waals surface area contributed by atoms with E-state index in [1.165, 1.54) is 0 Å². The first-order valence-corrected chi connectivity index (χ1v) is 11.2. The monoisotopic (exact) mass is 408 g/mol. The highest BCUT2D eigenvalue weighted by Gasteiger charge is 2.15. The van der Waals surface area contributed by atoms with Crippen LogP contribution in [-0.4, -0.2) is 49.5 Å². The summed E-state index contributed by atoms with van der Waals surface area (Å²) >= 11 is 0. The van der Waals surface area contributed by atoms with Crippen molar-refractivity contribution in [3.05, 3.63) is 0 Å². The van der Waals surface area contributed by atoms with Crippen LogP contribution in [0.5, 0.6) is 0 Å². The second-order valence-corrected chi connectivity index (χ2v) is 8.57. The molecule has 0 bridgehead atoms. The van der Waals surface area contributed by atoms with Gasteiger partial charge in [0.05, 0.1) is 25.6 Å². The molecule has 0 aliphatic carbocycles. The summed E-state index contributed by atoms with van der Waals surface area (Å²) in [5.41, 5.74) is 0.00210. The Morgan fingerprint density at radius 3 is 2.46 bits per heavy atom. The number of ether oxygens (including phenoxy) is 2. The van der Waals surface area contributed by atoms with Gasteiger partial charge in [-0.05, 0) is 5.92 Å². The quantitative estimate of drug-likeness (QED) is 0.211. The predicted octanol–water partition coefficient (Wildman–Crippen LogP) is 3.13. The molecule has 0 spiro atoms. The van der Waals surface area contributed by atoms with Gasteiger partial charge in [0.25, 0.3) is 0 Å². The molecule has 0 rings (SSSR count). The first kappa shape index (κ1) is 25.1. The minimum atomic E-state index is -0.180. The molecule has 154 valence electrons. The Bertz CT molecular complexity index is 472. The van der Waals surface area contributed by atoms with Crippen molar-refractivity contribution in [3.8, 4) is 11.8 Å². The second kappa shape index (κ2) is 16.3.